The highest BCUT2D eigenvalue weighted by Gasteiger charge is 2.17. The van der Waals surface area contributed by atoms with Crippen LogP contribution in [0.5, 0.6) is 0 Å². The van der Waals surface area contributed by atoms with E-state index in [4.69, 9.17) is 4.42 Å². The lowest BCUT2D eigenvalue weighted by Gasteiger charge is -2.15. The number of nitrogens with one attached hydrogen (secondary N) is 2. The first-order valence-electron chi connectivity index (χ1n) is 8.12. The molecule has 25 heavy (non-hydrogen) atoms. The molecule has 7 heteroatoms. The molecule has 3 aromatic rings. The van der Waals surface area contributed by atoms with E-state index in [1.54, 1.807) is 49.2 Å². The van der Waals surface area contributed by atoms with E-state index >= 15 is 0 Å². The fourth-order valence-electron chi connectivity index (χ4n) is 2.59. The van der Waals surface area contributed by atoms with Gasteiger partial charge in [-0.25, -0.2) is 13.1 Å². The smallest absolute Gasteiger partial charge is 0.240 e. The fourth-order valence-corrected chi connectivity index (χ4v) is 3.87. The summed E-state index contributed by atoms with van der Waals surface area (Å²) >= 11 is 0. The van der Waals surface area contributed by atoms with Crippen molar-refractivity contribution < 1.29 is 12.8 Å². The molecule has 0 aliphatic carbocycles. The Morgan fingerprint density at radius 1 is 1.20 bits per heavy atom. The van der Waals surface area contributed by atoms with Gasteiger partial charge < -0.3 is 9.73 Å². The van der Waals surface area contributed by atoms with E-state index < -0.39 is 10.0 Å². The van der Waals surface area contributed by atoms with Gasteiger partial charge in [0, 0.05) is 30.4 Å². The van der Waals surface area contributed by atoms with Crippen LogP contribution in [0.4, 0.5) is 0 Å². The monoisotopic (exact) mass is 359 g/mol. The van der Waals surface area contributed by atoms with Crippen molar-refractivity contribution in [2.45, 2.75) is 24.3 Å². The third-order valence-electron chi connectivity index (χ3n) is 3.90. The van der Waals surface area contributed by atoms with E-state index in [-0.39, 0.29) is 10.9 Å². The minimum absolute atomic E-state index is 0.220. The molecule has 2 N–H and O–H groups in total. The summed E-state index contributed by atoms with van der Waals surface area (Å²) in [6.45, 7) is 3.15. The van der Waals surface area contributed by atoms with Crippen LogP contribution in [-0.4, -0.2) is 32.5 Å². The zero-order valence-electron chi connectivity index (χ0n) is 14.0. The van der Waals surface area contributed by atoms with Gasteiger partial charge in [-0.15, -0.1) is 0 Å². The maximum Gasteiger partial charge on any atom is 0.240 e. The highest BCUT2D eigenvalue weighted by molar-refractivity contribution is 7.89. The second-order valence-corrected chi connectivity index (χ2v) is 7.71. The molecule has 2 aromatic heterocycles. The van der Waals surface area contributed by atoms with Crippen LogP contribution in [0.25, 0.3) is 10.8 Å². The molecule has 0 radical (unpaired) electrons. The summed E-state index contributed by atoms with van der Waals surface area (Å²) in [5, 5.41) is 5.01. The lowest BCUT2D eigenvalue weighted by Crippen LogP contribution is -2.40. The van der Waals surface area contributed by atoms with Gasteiger partial charge in [-0.1, -0.05) is 6.07 Å². The van der Waals surface area contributed by atoms with Crippen LogP contribution in [0.1, 0.15) is 12.5 Å². The lowest BCUT2D eigenvalue weighted by molar-refractivity contribution is 0.535. The van der Waals surface area contributed by atoms with Crippen molar-refractivity contribution >= 4 is 20.8 Å². The maximum absolute atomic E-state index is 12.5. The molecule has 6 nitrogen and oxygen atoms in total. The zero-order chi connectivity index (χ0) is 17.7. The molecule has 0 aliphatic heterocycles. The Kier molecular flexibility index (Phi) is 5.47. The topological polar surface area (TPSA) is 84.2 Å². The summed E-state index contributed by atoms with van der Waals surface area (Å²) in [5.74, 6) is 0. The quantitative estimate of drug-likeness (QED) is 0.603. The van der Waals surface area contributed by atoms with Gasteiger partial charge in [0.1, 0.15) is 0 Å². The molecule has 0 aliphatic rings. The summed E-state index contributed by atoms with van der Waals surface area (Å²) in [5.41, 5.74) is 1.12. The molecule has 1 atom stereocenters. The molecule has 1 aromatic carbocycles. The van der Waals surface area contributed by atoms with Gasteiger partial charge in [-0.3, -0.25) is 4.98 Å². The first-order chi connectivity index (χ1) is 12.0. The summed E-state index contributed by atoms with van der Waals surface area (Å²) in [4.78, 5) is 4.29. The Morgan fingerprint density at radius 3 is 2.88 bits per heavy atom. The van der Waals surface area contributed by atoms with Crippen LogP contribution >= 0.6 is 0 Å². The molecule has 0 saturated carbocycles. The number of sulfonamides is 1. The average Bonchev–Trinajstić information content (AvgIpc) is 3.11. The van der Waals surface area contributed by atoms with Crippen molar-refractivity contribution in [3.63, 3.8) is 0 Å². The summed E-state index contributed by atoms with van der Waals surface area (Å²) < 4.78 is 32.8. The number of nitrogens with zero attached hydrogens (tertiary/aromatic N) is 1. The normalized spacial score (nSPS) is 13.2. The van der Waals surface area contributed by atoms with Gasteiger partial charge in [0.15, 0.2) is 0 Å². The predicted molar refractivity (Wildman–Crippen MR) is 96.8 cm³/mol. The van der Waals surface area contributed by atoms with Gasteiger partial charge in [0.05, 0.1) is 17.4 Å². The van der Waals surface area contributed by atoms with Gasteiger partial charge in [-0.05, 0) is 55.1 Å². The van der Waals surface area contributed by atoms with Crippen molar-refractivity contribution in [2.24, 2.45) is 0 Å². The average molecular weight is 359 g/mol. The van der Waals surface area contributed by atoms with Crippen LogP contribution < -0.4 is 10.0 Å². The van der Waals surface area contributed by atoms with Gasteiger partial charge in [0.25, 0.3) is 0 Å². The van der Waals surface area contributed by atoms with E-state index in [1.165, 1.54) is 0 Å². The number of hydrogen-bond acceptors (Lipinski definition) is 5. The Morgan fingerprint density at radius 2 is 2.08 bits per heavy atom. The second-order valence-electron chi connectivity index (χ2n) is 5.99. The molecular formula is C18H21N3O3S. The minimum atomic E-state index is -3.56. The molecule has 0 bridgehead atoms. The molecule has 2 heterocycles. The number of fused-ring (bicyclic) bond motifs is 1. The van der Waals surface area contributed by atoms with Crippen LogP contribution in [0, 0.1) is 0 Å². The largest absolute Gasteiger partial charge is 0.472 e. The Hall–Kier alpha value is -2.22. The van der Waals surface area contributed by atoms with Crippen molar-refractivity contribution in [3.05, 3.63) is 60.8 Å². The molecule has 0 amide bonds. The van der Waals surface area contributed by atoms with Crippen molar-refractivity contribution in [3.8, 4) is 0 Å². The van der Waals surface area contributed by atoms with E-state index in [9.17, 15) is 8.42 Å². The number of benzene rings is 1. The van der Waals surface area contributed by atoms with Gasteiger partial charge in [-0.2, -0.15) is 0 Å². The number of pyridine rings is 1. The number of aromatic nitrogens is 1. The zero-order valence-corrected chi connectivity index (χ0v) is 14.8. The Bertz CT molecular complexity index is 924. The SMILES string of the molecule is C[C@H](CNCCc1ccoc1)NS(=O)(=O)c1ccc2cnccc2c1. The standard InChI is InChI=1S/C18H21N3O3S/c1-14(11-19-7-4-15-6-9-24-13-15)21-25(22,23)18-3-2-17-12-20-8-5-16(17)10-18/h2-3,5-6,8-10,12-14,19,21H,4,7,11H2,1H3/t14-/m1/s1. The molecule has 132 valence electrons. The molecule has 3 rings (SSSR count). The number of rotatable bonds is 8. The Labute approximate surface area is 147 Å². The molecule has 0 saturated heterocycles. The van der Waals surface area contributed by atoms with Gasteiger partial charge in [0.2, 0.25) is 10.0 Å². The first kappa shape index (κ1) is 17.6. The summed E-state index contributed by atoms with van der Waals surface area (Å²) in [6.07, 6.45) is 7.56. The van der Waals surface area contributed by atoms with Crippen LogP contribution in [-0.2, 0) is 16.4 Å². The number of hydrogen-bond donors (Lipinski definition) is 2. The summed E-state index contributed by atoms with van der Waals surface area (Å²) in [7, 11) is -3.56. The van der Waals surface area contributed by atoms with Gasteiger partial charge >= 0.3 is 0 Å². The summed E-state index contributed by atoms with van der Waals surface area (Å²) in [6, 6.07) is 8.54. The second kappa shape index (κ2) is 7.77. The van der Waals surface area contributed by atoms with Crippen LogP contribution in [0.3, 0.4) is 0 Å². The van der Waals surface area contributed by atoms with E-state index in [0.29, 0.717) is 6.54 Å². The van der Waals surface area contributed by atoms with E-state index in [1.807, 2.05) is 13.0 Å². The molecule has 0 spiro atoms. The molecule has 0 fully saturated rings. The molecule has 0 unspecified atom stereocenters. The predicted octanol–water partition coefficient (Wildman–Crippen LogP) is 2.33. The minimum Gasteiger partial charge on any atom is -0.472 e. The molecular weight excluding hydrogens is 338 g/mol. The van der Waals surface area contributed by atoms with E-state index in [0.717, 1.165) is 29.3 Å². The van der Waals surface area contributed by atoms with Crippen LogP contribution in [0.15, 0.2) is 64.6 Å². The van der Waals surface area contributed by atoms with Crippen LogP contribution in [0.2, 0.25) is 0 Å². The first-order valence-corrected chi connectivity index (χ1v) is 9.61. The van der Waals surface area contributed by atoms with Crippen molar-refractivity contribution in [1.29, 1.82) is 0 Å². The maximum atomic E-state index is 12.5. The van der Waals surface area contributed by atoms with Crippen molar-refractivity contribution in [1.82, 2.24) is 15.0 Å². The third kappa shape index (κ3) is 4.66. The Balaban J connectivity index is 1.56. The highest BCUT2D eigenvalue weighted by atomic mass is 32.2. The third-order valence-corrected chi connectivity index (χ3v) is 5.49. The lowest BCUT2D eigenvalue weighted by atomic mass is 10.2. The van der Waals surface area contributed by atoms with Crippen molar-refractivity contribution in [2.75, 3.05) is 13.1 Å². The van der Waals surface area contributed by atoms with E-state index in [2.05, 4.69) is 15.0 Å². The fraction of sp³-hybridized carbons (Fsp3) is 0.278. The highest BCUT2D eigenvalue weighted by Crippen LogP contribution is 2.18. The number of furan rings is 1.